The second-order valence-corrected chi connectivity index (χ2v) is 4.94. The fraction of sp³-hybridized carbons (Fsp3) is 0.385. The molecule has 0 fully saturated rings. The van der Waals surface area contributed by atoms with Crippen LogP contribution in [0.2, 0.25) is 0 Å². The minimum atomic E-state index is 0.413. The summed E-state index contributed by atoms with van der Waals surface area (Å²) >= 11 is 3.56. The van der Waals surface area contributed by atoms with Gasteiger partial charge < -0.3 is 5.11 Å². The third-order valence-electron chi connectivity index (χ3n) is 2.79. The minimum absolute atomic E-state index is 0.413. The first kappa shape index (κ1) is 12.3. The highest BCUT2D eigenvalue weighted by Gasteiger charge is 2.14. The van der Waals surface area contributed by atoms with Gasteiger partial charge in [-0.1, -0.05) is 28.1 Å². The summed E-state index contributed by atoms with van der Waals surface area (Å²) in [5.74, 6) is 0.413. The van der Waals surface area contributed by atoms with Crippen LogP contribution in [0.1, 0.15) is 29.2 Å². The third kappa shape index (κ3) is 2.25. The molecule has 1 aromatic carbocycles. The fourth-order valence-corrected chi connectivity index (χ4v) is 2.21. The zero-order valence-electron chi connectivity index (χ0n) is 9.74. The van der Waals surface area contributed by atoms with Crippen molar-refractivity contribution in [1.82, 2.24) is 0 Å². The summed E-state index contributed by atoms with van der Waals surface area (Å²) in [6.07, 6.45) is 0.734. The first-order chi connectivity index (χ1) is 6.86. The van der Waals surface area contributed by atoms with Crippen molar-refractivity contribution in [2.24, 2.45) is 0 Å². The number of halogens is 1. The molecule has 1 N–H and O–H groups in total. The van der Waals surface area contributed by atoms with Gasteiger partial charge in [-0.2, -0.15) is 0 Å². The molecule has 0 aromatic heterocycles. The zero-order chi connectivity index (χ0) is 11.7. The van der Waals surface area contributed by atoms with Crippen LogP contribution in [0.25, 0.3) is 0 Å². The number of rotatable bonds is 2. The van der Waals surface area contributed by atoms with Gasteiger partial charge in [0.05, 0.1) is 0 Å². The Bertz CT molecular complexity index is 390. The summed E-state index contributed by atoms with van der Waals surface area (Å²) in [6, 6.07) is 0. The molecule has 1 nitrogen and oxygen atoms in total. The molecule has 0 atom stereocenters. The molecular formula is C13H17BrO. The van der Waals surface area contributed by atoms with E-state index in [-0.39, 0.29) is 0 Å². The van der Waals surface area contributed by atoms with E-state index >= 15 is 0 Å². The van der Waals surface area contributed by atoms with Crippen molar-refractivity contribution in [2.75, 3.05) is 0 Å². The molecule has 0 bridgehead atoms. The smallest absolute Gasteiger partial charge is 0.122 e. The molecular weight excluding hydrogens is 252 g/mol. The van der Waals surface area contributed by atoms with Gasteiger partial charge in [0.25, 0.3) is 0 Å². The van der Waals surface area contributed by atoms with Crippen LogP contribution in [-0.2, 0) is 6.42 Å². The number of hydrogen-bond donors (Lipinski definition) is 1. The Hall–Kier alpha value is -0.760. The van der Waals surface area contributed by atoms with E-state index in [9.17, 15) is 5.11 Å². The van der Waals surface area contributed by atoms with Gasteiger partial charge in [-0.05, 0) is 50.8 Å². The summed E-state index contributed by atoms with van der Waals surface area (Å²) in [4.78, 5) is 0. The van der Waals surface area contributed by atoms with Crippen LogP contribution in [-0.4, -0.2) is 5.11 Å². The Labute approximate surface area is 100.0 Å². The summed E-state index contributed by atoms with van der Waals surface area (Å²) in [7, 11) is 0. The summed E-state index contributed by atoms with van der Waals surface area (Å²) < 4.78 is 1.09. The second kappa shape index (κ2) is 4.40. The molecule has 82 valence electrons. The first-order valence-electron chi connectivity index (χ1n) is 4.97. The molecule has 0 saturated heterocycles. The lowest BCUT2D eigenvalue weighted by Gasteiger charge is -2.16. The van der Waals surface area contributed by atoms with E-state index in [2.05, 4.69) is 22.5 Å². The molecule has 0 saturated carbocycles. The minimum Gasteiger partial charge on any atom is -0.507 e. The quantitative estimate of drug-likeness (QED) is 0.798. The SMILES string of the molecule is C=C(C)Cc1c(C)c(Br)c(C)c(C)c1O. The van der Waals surface area contributed by atoms with Crippen molar-refractivity contribution in [3.8, 4) is 5.75 Å². The van der Waals surface area contributed by atoms with Crippen LogP contribution in [0.3, 0.4) is 0 Å². The zero-order valence-corrected chi connectivity index (χ0v) is 11.3. The van der Waals surface area contributed by atoms with Crippen molar-refractivity contribution in [3.63, 3.8) is 0 Å². The van der Waals surface area contributed by atoms with Crippen molar-refractivity contribution in [1.29, 1.82) is 0 Å². The number of phenols is 1. The van der Waals surface area contributed by atoms with E-state index in [0.29, 0.717) is 5.75 Å². The number of hydrogen-bond acceptors (Lipinski definition) is 1. The van der Waals surface area contributed by atoms with Gasteiger partial charge >= 0.3 is 0 Å². The summed E-state index contributed by atoms with van der Waals surface area (Å²) in [6.45, 7) is 11.8. The molecule has 0 aliphatic heterocycles. The van der Waals surface area contributed by atoms with Crippen LogP contribution < -0.4 is 0 Å². The van der Waals surface area contributed by atoms with Gasteiger partial charge in [-0.25, -0.2) is 0 Å². The highest BCUT2D eigenvalue weighted by Crippen LogP contribution is 2.36. The normalized spacial score (nSPS) is 10.5. The molecule has 0 spiro atoms. The maximum absolute atomic E-state index is 10.1. The molecule has 0 aliphatic carbocycles. The highest BCUT2D eigenvalue weighted by atomic mass is 79.9. The molecule has 15 heavy (non-hydrogen) atoms. The van der Waals surface area contributed by atoms with Gasteiger partial charge in [0.1, 0.15) is 5.75 Å². The first-order valence-corrected chi connectivity index (χ1v) is 5.77. The van der Waals surface area contributed by atoms with Gasteiger partial charge in [0, 0.05) is 10.0 Å². The average Bonchev–Trinajstić information content (AvgIpc) is 2.18. The van der Waals surface area contributed by atoms with E-state index in [1.165, 1.54) is 0 Å². The topological polar surface area (TPSA) is 20.2 Å². The lowest BCUT2D eigenvalue weighted by molar-refractivity contribution is 0.463. The van der Waals surface area contributed by atoms with E-state index in [1.807, 2.05) is 27.7 Å². The Balaban J connectivity index is 3.45. The molecule has 0 amide bonds. The standard InChI is InChI=1S/C13H17BrO/c1-7(2)6-11-10(5)12(14)8(3)9(4)13(11)15/h15H,1,6H2,2-5H3. The van der Waals surface area contributed by atoms with Gasteiger partial charge in [-0.3, -0.25) is 0 Å². The van der Waals surface area contributed by atoms with Gasteiger partial charge in [-0.15, -0.1) is 0 Å². The number of phenolic OH excluding ortho intramolecular Hbond substituents is 1. The van der Waals surface area contributed by atoms with E-state index in [0.717, 1.165) is 38.7 Å². The number of aromatic hydroxyl groups is 1. The van der Waals surface area contributed by atoms with E-state index < -0.39 is 0 Å². The number of benzene rings is 1. The summed E-state index contributed by atoms with van der Waals surface area (Å²) in [5.41, 5.74) is 5.21. The van der Waals surface area contributed by atoms with Crippen LogP contribution in [0, 0.1) is 20.8 Å². The van der Waals surface area contributed by atoms with Crippen molar-refractivity contribution < 1.29 is 5.11 Å². The van der Waals surface area contributed by atoms with E-state index in [1.54, 1.807) is 0 Å². The van der Waals surface area contributed by atoms with Crippen LogP contribution in [0.15, 0.2) is 16.6 Å². The second-order valence-electron chi connectivity index (χ2n) is 4.15. The van der Waals surface area contributed by atoms with E-state index in [4.69, 9.17) is 0 Å². The Kier molecular flexibility index (Phi) is 3.61. The molecule has 1 rings (SSSR count). The van der Waals surface area contributed by atoms with Crippen molar-refractivity contribution >= 4 is 15.9 Å². The lowest BCUT2D eigenvalue weighted by Crippen LogP contribution is -1.98. The monoisotopic (exact) mass is 268 g/mol. The fourth-order valence-electron chi connectivity index (χ4n) is 1.68. The molecule has 0 radical (unpaired) electrons. The Morgan fingerprint density at radius 2 is 1.73 bits per heavy atom. The number of allylic oxidation sites excluding steroid dienone is 1. The maximum atomic E-state index is 10.1. The molecule has 0 aliphatic rings. The summed E-state index contributed by atoms with van der Waals surface area (Å²) in [5, 5.41) is 10.1. The van der Waals surface area contributed by atoms with Crippen LogP contribution >= 0.6 is 15.9 Å². The van der Waals surface area contributed by atoms with Crippen LogP contribution in [0.5, 0.6) is 5.75 Å². The van der Waals surface area contributed by atoms with Crippen LogP contribution in [0.4, 0.5) is 0 Å². The predicted octanol–water partition coefficient (Wildman–Crippen LogP) is 4.20. The molecule has 0 heterocycles. The average molecular weight is 269 g/mol. The Morgan fingerprint density at radius 1 is 1.20 bits per heavy atom. The maximum Gasteiger partial charge on any atom is 0.122 e. The largest absolute Gasteiger partial charge is 0.507 e. The predicted molar refractivity (Wildman–Crippen MR) is 68.5 cm³/mol. The van der Waals surface area contributed by atoms with Gasteiger partial charge in [0.2, 0.25) is 0 Å². The highest BCUT2D eigenvalue weighted by molar-refractivity contribution is 9.10. The molecule has 0 unspecified atom stereocenters. The third-order valence-corrected chi connectivity index (χ3v) is 3.98. The van der Waals surface area contributed by atoms with Crippen molar-refractivity contribution in [2.45, 2.75) is 34.1 Å². The lowest BCUT2D eigenvalue weighted by atomic mass is 9.95. The molecule has 1 aromatic rings. The Morgan fingerprint density at radius 3 is 2.20 bits per heavy atom. The molecule has 2 heteroatoms. The van der Waals surface area contributed by atoms with Crippen molar-refractivity contribution in [3.05, 3.63) is 38.9 Å². The van der Waals surface area contributed by atoms with Gasteiger partial charge in [0.15, 0.2) is 0 Å².